The lowest BCUT2D eigenvalue weighted by Crippen LogP contribution is -2.14. The van der Waals surface area contributed by atoms with E-state index in [0.717, 1.165) is 12.1 Å². The molecule has 0 saturated heterocycles. The van der Waals surface area contributed by atoms with Gasteiger partial charge in [-0.3, -0.25) is 4.72 Å². The quantitative estimate of drug-likeness (QED) is 0.673. The van der Waals surface area contributed by atoms with E-state index in [0.29, 0.717) is 22.6 Å². The fourth-order valence-electron chi connectivity index (χ4n) is 2.43. The van der Waals surface area contributed by atoms with Crippen LogP contribution in [0.25, 0.3) is 0 Å². The van der Waals surface area contributed by atoms with Crippen molar-refractivity contribution in [2.45, 2.75) is 11.8 Å². The Morgan fingerprint density at radius 2 is 1.38 bits per heavy atom. The molecule has 2 N–H and O–H groups in total. The third-order valence-electron chi connectivity index (χ3n) is 3.73. The molecule has 0 spiro atoms. The van der Waals surface area contributed by atoms with Crippen LogP contribution in [0.4, 0.5) is 25.8 Å². The highest BCUT2D eigenvalue weighted by atomic mass is 32.2. The normalized spacial score (nSPS) is 11.2. The van der Waals surface area contributed by atoms with Gasteiger partial charge in [-0.2, -0.15) is 0 Å². The summed E-state index contributed by atoms with van der Waals surface area (Å²) < 4.78 is 53.6. The van der Waals surface area contributed by atoms with Gasteiger partial charge in [0.15, 0.2) is 11.6 Å². The summed E-state index contributed by atoms with van der Waals surface area (Å²) in [5.41, 5.74) is 2.03. The molecule has 0 unspecified atom stereocenters. The van der Waals surface area contributed by atoms with Gasteiger partial charge >= 0.3 is 0 Å². The third-order valence-corrected chi connectivity index (χ3v) is 5.27. The van der Waals surface area contributed by atoms with Crippen molar-refractivity contribution in [3.05, 3.63) is 83.9 Å². The topological polar surface area (TPSA) is 58.2 Å². The highest BCUT2D eigenvalue weighted by molar-refractivity contribution is 7.92. The number of sulfonamides is 1. The van der Waals surface area contributed by atoms with Crippen LogP contribution in [0.1, 0.15) is 5.56 Å². The van der Waals surface area contributed by atoms with Crippen molar-refractivity contribution in [3.63, 3.8) is 0 Å². The predicted octanol–water partition coefficient (Wildman–Crippen LogP) is 4.82. The highest BCUT2D eigenvalue weighted by Crippen LogP contribution is 2.23. The second kappa shape index (κ2) is 7.13. The third kappa shape index (κ3) is 4.00. The summed E-state index contributed by atoms with van der Waals surface area (Å²) in [6, 6.07) is 16.6. The van der Waals surface area contributed by atoms with Gasteiger partial charge in [0, 0.05) is 23.1 Å². The molecular weight excluding hydrogens is 358 g/mol. The van der Waals surface area contributed by atoms with Crippen molar-refractivity contribution < 1.29 is 17.2 Å². The van der Waals surface area contributed by atoms with E-state index in [1.54, 1.807) is 49.4 Å². The van der Waals surface area contributed by atoms with E-state index in [1.807, 2.05) is 0 Å². The van der Waals surface area contributed by atoms with Gasteiger partial charge in [0.05, 0.1) is 4.90 Å². The zero-order chi connectivity index (χ0) is 18.7. The maximum atomic E-state index is 13.2. The summed E-state index contributed by atoms with van der Waals surface area (Å²) in [6.07, 6.45) is 0. The van der Waals surface area contributed by atoms with E-state index >= 15 is 0 Å². The maximum absolute atomic E-state index is 13.2. The first-order valence-corrected chi connectivity index (χ1v) is 9.24. The molecule has 7 heteroatoms. The lowest BCUT2D eigenvalue weighted by atomic mass is 10.2. The molecule has 26 heavy (non-hydrogen) atoms. The number of hydrogen-bond acceptors (Lipinski definition) is 3. The molecule has 0 atom stereocenters. The largest absolute Gasteiger partial charge is 0.355 e. The summed E-state index contributed by atoms with van der Waals surface area (Å²) in [7, 11) is -3.69. The van der Waals surface area contributed by atoms with E-state index < -0.39 is 21.7 Å². The van der Waals surface area contributed by atoms with Crippen molar-refractivity contribution in [1.29, 1.82) is 0 Å². The predicted molar refractivity (Wildman–Crippen MR) is 98.1 cm³/mol. The Hall–Kier alpha value is -2.93. The Bertz CT molecular complexity index is 1040. The zero-order valence-electron chi connectivity index (χ0n) is 13.8. The molecule has 0 aliphatic carbocycles. The number of nitrogens with one attached hydrogen (secondary N) is 2. The van der Waals surface area contributed by atoms with E-state index in [2.05, 4.69) is 10.0 Å². The Balaban J connectivity index is 1.75. The van der Waals surface area contributed by atoms with Crippen LogP contribution < -0.4 is 10.0 Å². The number of halogens is 2. The van der Waals surface area contributed by atoms with Crippen LogP contribution >= 0.6 is 0 Å². The summed E-state index contributed by atoms with van der Waals surface area (Å²) in [4.78, 5) is 0.212. The lowest BCUT2D eigenvalue weighted by molar-refractivity contribution is 0.509. The molecule has 3 aromatic carbocycles. The van der Waals surface area contributed by atoms with Crippen molar-refractivity contribution in [1.82, 2.24) is 0 Å². The first kappa shape index (κ1) is 17.9. The van der Waals surface area contributed by atoms with E-state index in [9.17, 15) is 17.2 Å². The summed E-state index contributed by atoms with van der Waals surface area (Å²) >= 11 is 0. The number of aryl methyl sites for hydroxylation is 1. The summed E-state index contributed by atoms with van der Waals surface area (Å²) in [5, 5.41) is 2.92. The number of anilines is 3. The first-order chi connectivity index (χ1) is 12.3. The smallest absolute Gasteiger partial charge is 0.262 e. The summed E-state index contributed by atoms with van der Waals surface area (Å²) in [5.74, 6) is -1.87. The lowest BCUT2D eigenvalue weighted by Gasteiger charge is -2.11. The van der Waals surface area contributed by atoms with Gasteiger partial charge in [0.2, 0.25) is 0 Å². The molecule has 0 fully saturated rings. The molecule has 0 bridgehead atoms. The Labute approximate surface area is 150 Å². The molecule has 0 amide bonds. The Morgan fingerprint density at radius 1 is 0.769 bits per heavy atom. The molecule has 4 nitrogen and oxygen atoms in total. The average Bonchev–Trinajstić information content (AvgIpc) is 2.60. The van der Waals surface area contributed by atoms with Crippen molar-refractivity contribution >= 4 is 27.1 Å². The van der Waals surface area contributed by atoms with Crippen LogP contribution in [-0.4, -0.2) is 8.42 Å². The van der Waals surface area contributed by atoms with Gasteiger partial charge in [-0.15, -0.1) is 0 Å². The molecule has 3 rings (SSSR count). The van der Waals surface area contributed by atoms with Crippen molar-refractivity contribution in [3.8, 4) is 0 Å². The van der Waals surface area contributed by atoms with Crippen molar-refractivity contribution in [2.75, 3.05) is 10.0 Å². The molecule has 0 radical (unpaired) electrons. The van der Waals surface area contributed by atoms with Gasteiger partial charge in [0.1, 0.15) is 0 Å². The van der Waals surface area contributed by atoms with Crippen LogP contribution in [0, 0.1) is 18.6 Å². The maximum Gasteiger partial charge on any atom is 0.262 e. The SMILES string of the molecule is Cc1ccccc1S(=O)(=O)Nc1ccc(Nc2ccc(F)c(F)c2)cc1. The molecule has 134 valence electrons. The van der Waals surface area contributed by atoms with Gasteiger partial charge in [-0.05, 0) is 55.0 Å². The monoisotopic (exact) mass is 374 g/mol. The molecular formula is C19H16F2N2O2S. The molecule has 0 aliphatic rings. The van der Waals surface area contributed by atoms with Crippen LogP contribution in [0.5, 0.6) is 0 Å². The highest BCUT2D eigenvalue weighted by Gasteiger charge is 2.16. The van der Waals surface area contributed by atoms with E-state index in [1.165, 1.54) is 12.1 Å². The van der Waals surface area contributed by atoms with Gasteiger partial charge in [-0.1, -0.05) is 18.2 Å². The van der Waals surface area contributed by atoms with Gasteiger partial charge < -0.3 is 5.32 Å². The van der Waals surface area contributed by atoms with Crippen LogP contribution in [0.15, 0.2) is 71.6 Å². The standard InChI is InChI=1S/C19H16F2N2O2S/c1-13-4-2-3-5-19(13)26(24,25)23-15-8-6-14(7-9-15)22-16-10-11-17(20)18(21)12-16/h2-12,22-23H,1H3. The minimum atomic E-state index is -3.69. The summed E-state index contributed by atoms with van der Waals surface area (Å²) in [6.45, 7) is 1.73. The van der Waals surface area contributed by atoms with Gasteiger partial charge in [0.25, 0.3) is 10.0 Å². The first-order valence-electron chi connectivity index (χ1n) is 7.76. The number of benzene rings is 3. The number of rotatable bonds is 5. The molecule has 0 saturated carbocycles. The second-order valence-corrected chi connectivity index (χ2v) is 7.35. The Kier molecular flexibility index (Phi) is 4.90. The van der Waals surface area contributed by atoms with E-state index in [-0.39, 0.29) is 4.90 Å². The average molecular weight is 374 g/mol. The minimum absolute atomic E-state index is 0.212. The Morgan fingerprint density at radius 3 is 2.04 bits per heavy atom. The fraction of sp³-hybridized carbons (Fsp3) is 0.0526. The van der Waals surface area contributed by atoms with E-state index in [4.69, 9.17) is 0 Å². The van der Waals surface area contributed by atoms with Gasteiger partial charge in [-0.25, -0.2) is 17.2 Å². The molecule has 0 aromatic heterocycles. The zero-order valence-corrected chi connectivity index (χ0v) is 14.6. The number of hydrogen-bond donors (Lipinski definition) is 2. The van der Waals surface area contributed by atoms with Crippen LogP contribution in [0.3, 0.4) is 0 Å². The van der Waals surface area contributed by atoms with Crippen LogP contribution in [-0.2, 0) is 10.0 Å². The molecule has 0 heterocycles. The van der Waals surface area contributed by atoms with Crippen LogP contribution in [0.2, 0.25) is 0 Å². The second-order valence-electron chi connectivity index (χ2n) is 5.70. The van der Waals surface area contributed by atoms with Crippen molar-refractivity contribution in [2.24, 2.45) is 0 Å². The molecule has 0 aliphatic heterocycles. The minimum Gasteiger partial charge on any atom is -0.355 e. The molecule has 3 aromatic rings. The fourth-order valence-corrected chi connectivity index (χ4v) is 3.74.